The van der Waals surface area contributed by atoms with E-state index >= 15 is 0 Å². The van der Waals surface area contributed by atoms with E-state index in [9.17, 15) is 9.90 Å². The van der Waals surface area contributed by atoms with E-state index in [2.05, 4.69) is 26.1 Å². The third-order valence-electron chi connectivity index (χ3n) is 2.85. The molecule has 102 valence electrons. The summed E-state index contributed by atoms with van der Waals surface area (Å²) < 4.78 is 0. The summed E-state index contributed by atoms with van der Waals surface area (Å²) in [6.45, 7) is 6.41. The van der Waals surface area contributed by atoms with Crippen LogP contribution >= 0.6 is 0 Å². The SMILES string of the molecule is CCCCCCCC(=O)NC(O)CCC(C)C. The molecule has 0 spiro atoms. The lowest BCUT2D eigenvalue weighted by atomic mass is 10.1. The molecule has 1 amide bonds. The predicted molar refractivity (Wildman–Crippen MR) is 71.6 cm³/mol. The van der Waals surface area contributed by atoms with Gasteiger partial charge in [-0.2, -0.15) is 0 Å². The summed E-state index contributed by atoms with van der Waals surface area (Å²) in [6, 6.07) is 0. The van der Waals surface area contributed by atoms with Gasteiger partial charge in [-0.3, -0.25) is 4.79 Å². The number of unbranched alkanes of at least 4 members (excludes halogenated alkanes) is 4. The van der Waals surface area contributed by atoms with Crippen molar-refractivity contribution in [2.75, 3.05) is 0 Å². The van der Waals surface area contributed by atoms with E-state index < -0.39 is 6.23 Å². The summed E-state index contributed by atoms with van der Waals surface area (Å²) in [5.41, 5.74) is 0. The summed E-state index contributed by atoms with van der Waals surface area (Å²) >= 11 is 0. The highest BCUT2D eigenvalue weighted by Crippen LogP contribution is 2.07. The largest absolute Gasteiger partial charge is 0.374 e. The summed E-state index contributed by atoms with van der Waals surface area (Å²) in [7, 11) is 0. The van der Waals surface area contributed by atoms with Crippen LogP contribution in [0, 0.1) is 5.92 Å². The van der Waals surface area contributed by atoms with Gasteiger partial charge in [-0.25, -0.2) is 0 Å². The molecule has 3 nitrogen and oxygen atoms in total. The quantitative estimate of drug-likeness (QED) is 0.457. The first-order valence-corrected chi connectivity index (χ1v) is 7.03. The average Bonchev–Trinajstić information content (AvgIpc) is 2.26. The zero-order chi connectivity index (χ0) is 13.1. The number of carbonyl (C=O) groups excluding carboxylic acids is 1. The van der Waals surface area contributed by atoms with Crippen LogP contribution in [0.3, 0.4) is 0 Å². The van der Waals surface area contributed by atoms with E-state index in [1.165, 1.54) is 19.3 Å². The third-order valence-corrected chi connectivity index (χ3v) is 2.85. The minimum Gasteiger partial charge on any atom is -0.374 e. The van der Waals surface area contributed by atoms with E-state index in [0.29, 0.717) is 18.8 Å². The van der Waals surface area contributed by atoms with Crippen molar-refractivity contribution in [1.82, 2.24) is 5.32 Å². The fourth-order valence-corrected chi connectivity index (χ4v) is 1.71. The molecule has 0 rings (SSSR count). The monoisotopic (exact) mass is 243 g/mol. The van der Waals surface area contributed by atoms with Crippen LogP contribution in [0.1, 0.15) is 72.1 Å². The minimum absolute atomic E-state index is 0.0160. The second-order valence-electron chi connectivity index (χ2n) is 5.22. The van der Waals surface area contributed by atoms with E-state index in [4.69, 9.17) is 0 Å². The van der Waals surface area contributed by atoms with Crippen molar-refractivity contribution in [2.45, 2.75) is 78.4 Å². The Kier molecular flexibility index (Phi) is 10.2. The molecular formula is C14H29NO2. The molecule has 1 unspecified atom stereocenters. The molecule has 0 aliphatic carbocycles. The maximum atomic E-state index is 11.5. The molecular weight excluding hydrogens is 214 g/mol. The van der Waals surface area contributed by atoms with Crippen molar-refractivity contribution in [3.8, 4) is 0 Å². The summed E-state index contributed by atoms with van der Waals surface area (Å²) in [4.78, 5) is 11.5. The number of rotatable bonds is 10. The minimum atomic E-state index is -0.666. The number of amides is 1. The summed E-state index contributed by atoms with van der Waals surface area (Å²) in [5, 5.41) is 12.2. The van der Waals surface area contributed by atoms with Gasteiger partial charge in [0.25, 0.3) is 0 Å². The molecule has 3 heteroatoms. The van der Waals surface area contributed by atoms with Crippen LogP contribution < -0.4 is 5.32 Å². The molecule has 0 bridgehead atoms. The van der Waals surface area contributed by atoms with Gasteiger partial charge < -0.3 is 10.4 Å². The summed E-state index contributed by atoms with van der Waals surface area (Å²) in [5.74, 6) is 0.549. The first-order valence-electron chi connectivity index (χ1n) is 7.03. The number of hydrogen-bond donors (Lipinski definition) is 2. The molecule has 0 saturated heterocycles. The van der Waals surface area contributed by atoms with E-state index in [1.807, 2.05) is 0 Å². The number of aliphatic hydroxyl groups excluding tert-OH is 1. The Morgan fingerprint density at radius 2 is 1.76 bits per heavy atom. The van der Waals surface area contributed by atoms with Crippen LogP contribution in [0.4, 0.5) is 0 Å². The van der Waals surface area contributed by atoms with E-state index in [0.717, 1.165) is 19.3 Å². The van der Waals surface area contributed by atoms with Crippen molar-refractivity contribution in [2.24, 2.45) is 5.92 Å². The van der Waals surface area contributed by atoms with E-state index in [1.54, 1.807) is 0 Å². The molecule has 0 radical (unpaired) electrons. The van der Waals surface area contributed by atoms with Gasteiger partial charge in [0.1, 0.15) is 6.23 Å². The van der Waals surface area contributed by atoms with Crippen LogP contribution in [0.2, 0.25) is 0 Å². The molecule has 0 saturated carbocycles. The zero-order valence-electron chi connectivity index (χ0n) is 11.7. The Bertz CT molecular complexity index is 193. The third kappa shape index (κ3) is 11.7. The Morgan fingerprint density at radius 3 is 2.35 bits per heavy atom. The molecule has 0 heterocycles. The fourth-order valence-electron chi connectivity index (χ4n) is 1.71. The highest BCUT2D eigenvalue weighted by Gasteiger charge is 2.08. The molecule has 0 aliphatic rings. The Hall–Kier alpha value is -0.570. The molecule has 0 aromatic carbocycles. The van der Waals surface area contributed by atoms with Gasteiger partial charge in [0.15, 0.2) is 0 Å². The van der Waals surface area contributed by atoms with Gasteiger partial charge in [0, 0.05) is 6.42 Å². The van der Waals surface area contributed by atoms with E-state index in [-0.39, 0.29) is 5.91 Å². The Morgan fingerprint density at radius 1 is 1.12 bits per heavy atom. The molecule has 0 aromatic rings. The fraction of sp³-hybridized carbons (Fsp3) is 0.929. The van der Waals surface area contributed by atoms with Crippen LogP contribution in [0.25, 0.3) is 0 Å². The standard InChI is InChI=1S/C14H29NO2/c1-4-5-6-7-8-9-13(16)15-14(17)11-10-12(2)3/h12,14,17H,4-11H2,1-3H3,(H,15,16). The maximum Gasteiger partial charge on any atom is 0.221 e. The average molecular weight is 243 g/mol. The lowest BCUT2D eigenvalue weighted by Gasteiger charge is -2.13. The smallest absolute Gasteiger partial charge is 0.221 e. The first-order chi connectivity index (χ1) is 8.06. The van der Waals surface area contributed by atoms with Gasteiger partial charge in [0.2, 0.25) is 5.91 Å². The van der Waals surface area contributed by atoms with Crippen molar-refractivity contribution >= 4 is 5.91 Å². The van der Waals surface area contributed by atoms with Crippen molar-refractivity contribution in [3.05, 3.63) is 0 Å². The number of hydrogen-bond acceptors (Lipinski definition) is 2. The number of nitrogens with one attached hydrogen (secondary N) is 1. The molecule has 0 aliphatic heterocycles. The molecule has 2 N–H and O–H groups in total. The van der Waals surface area contributed by atoms with Crippen LogP contribution in [-0.4, -0.2) is 17.2 Å². The highest BCUT2D eigenvalue weighted by atomic mass is 16.3. The Balaban J connectivity index is 3.44. The first kappa shape index (κ1) is 16.4. The summed E-state index contributed by atoms with van der Waals surface area (Å²) in [6.07, 6.45) is 7.20. The maximum absolute atomic E-state index is 11.5. The molecule has 0 fully saturated rings. The topological polar surface area (TPSA) is 49.3 Å². The van der Waals surface area contributed by atoms with Crippen molar-refractivity contribution < 1.29 is 9.90 Å². The molecule has 0 aromatic heterocycles. The second-order valence-corrected chi connectivity index (χ2v) is 5.22. The molecule has 17 heavy (non-hydrogen) atoms. The van der Waals surface area contributed by atoms with Gasteiger partial charge in [-0.05, 0) is 25.2 Å². The van der Waals surface area contributed by atoms with Gasteiger partial charge in [0.05, 0.1) is 0 Å². The van der Waals surface area contributed by atoms with Gasteiger partial charge in [-0.15, -0.1) is 0 Å². The van der Waals surface area contributed by atoms with Gasteiger partial charge >= 0.3 is 0 Å². The van der Waals surface area contributed by atoms with Crippen molar-refractivity contribution in [3.63, 3.8) is 0 Å². The van der Waals surface area contributed by atoms with Crippen LogP contribution in [0.5, 0.6) is 0 Å². The lowest BCUT2D eigenvalue weighted by molar-refractivity contribution is -0.124. The second kappa shape index (κ2) is 10.6. The Labute approximate surface area is 106 Å². The zero-order valence-corrected chi connectivity index (χ0v) is 11.7. The lowest BCUT2D eigenvalue weighted by Crippen LogP contribution is -2.34. The van der Waals surface area contributed by atoms with Crippen LogP contribution in [-0.2, 0) is 4.79 Å². The van der Waals surface area contributed by atoms with Crippen LogP contribution in [0.15, 0.2) is 0 Å². The van der Waals surface area contributed by atoms with Crippen molar-refractivity contribution in [1.29, 1.82) is 0 Å². The number of carbonyl (C=O) groups is 1. The van der Waals surface area contributed by atoms with Gasteiger partial charge in [-0.1, -0.05) is 46.5 Å². The normalized spacial score (nSPS) is 12.8. The highest BCUT2D eigenvalue weighted by molar-refractivity contribution is 5.75. The predicted octanol–water partition coefficient (Wildman–Crippen LogP) is 3.22. The number of aliphatic hydroxyl groups is 1. The molecule has 1 atom stereocenters.